The molecule has 0 fully saturated rings. The maximum Gasteiger partial charge on any atom is 0.135 e. The van der Waals surface area contributed by atoms with E-state index in [0.29, 0.717) is 5.15 Å². The Hall–Kier alpha value is -2.53. The first-order chi connectivity index (χ1) is 10.3. The van der Waals surface area contributed by atoms with Gasteiger partial charge in [-0.15, -0.1) is 0 Å². The lowest BCUT2D eigenvalue weighted by molar-refractivity contribution is 1.12. The average molecular weight is 298 g/mol. The van der Waals surface area contributed by atoms with Gasteiger partial charge < -0.3 is 10.6 Å². The Morgan fingerprint density at radius 1 is 1.24 bits per heavy atom. The number of pyridine rings is 1. The Balaban J connectivity index is 1.61. The zero-order chi connectivity index (χ0) is 14.2. The van der Waals surface area contributed by atoms with Crippen LogP contribution in [0.25, 0.3) is 16.5 Å². The maximum absolute atomic E-state index is 5.89. The fraction of sp³-hybridized carbons (Fsp3) is 0.0667. The summed E-state index contributed by atoms with van der Waals surface area (Å²) in [5.74, 6) is 0.833. The molecule has 0 amide bonds. The maximum atomic E-state index is 5.89. The molecule has 3 N–H and O–H groups in total. The summed E-state index contributed by atoms with van der Waals surface area (Å²) >= 11 is 5.89. The van der Waals surface area contributed by atoms with Crippen molar-refractivity contribution >= 4 is 39.6 Å². The third-order valence-electron chi connectivity index (χ3n) is 3.51. The van der Waals surface area contributed by atoms with Crippen molar-refractivity contribution in [2.75, 3.05) is 17.2 Å². The largest absolute Gasteiger partial charge is 0.365 e. The van der Waals surface area contributed by atoms with Crippen LogP contribution < -0.4 is 10.6 Å². The van der Waals surface area contributed by atoms with Gasteiger partial charge in [0.1, 0.15) is 11.0 Å². The van der Waals surface area contributed by atoms with E-state index in [1.807, 2.05) is 36.7 Å². The number of nitrogens with zero attached hydrogens (tertiary/aromatic N) is 2. The third-order valence-corrected chi connectivity index (χ3v) is 3.72. The first kappa shape index (κ1) is 12.2. The molecule has 21 heavy (non-hydrogen) atoms. The Morgan fingerprint density at radius 2 is 2.19 bits per heavy atom. The van der Waals surface area contributed by atoms with Gasteiger partial charge >= 0.3 is 0 Å². The molecule has 3 aromatic rings. The van der Waals surface area contributed by atoms with Crippen LogP contribution in [0.1, 0.15) is 5.56 Å². The lowest BCUT2D eigenvalue weighted by Crippen LogP contribution is -1.95. The van der Waals surface area contributed by atoms with Crippen LogP contribution in [0.5, 0.6) is 0 Å². The summed E-state index contributed by atoms with van der Waals surface area (Å²) in [5, 5.41) is 15.1. The molecule has 0 atom stereocenters. The van der Waals surface area contributed by atoms with Crippen molar-refractivity contribution in [3.63, 3.8) is 0 Å². The lowest BCUT2D eigenvalue weighted by atomic mass is 10.1. The number of nitrogens with one attached hydrogen (secondary N) is 3. The summed E-state index contributed by atoms with van der Waals surface area (Å²) in [6, 6.07) is 9.87. The minimum atomic E-state index is 0.500. The van der Waals surface area contributed by atoms with Crippen LogP contribution in [-0.2, 0) is 0 Å². The molecular weight excluding hydrogens is 286 g/mol. The predicted molar refractivity (Wildman–Crippen MR) is 85.4 cm³/mol. The molecule has 0 unspecified atom stereocenters. The van der Waals surface area contributed by atoms with Crippen molar-refractivity contribution in [2.45, 2.75) is 0 Å². The molecule has 104 valence electrons. The quantitative estimate of drug-likeness (QED) is 0.634. The Kier molecular flexibility index (Phi) is 2.79. The zero-order valence-corrected chi connectivity index (χ0v) is 11.8. The first-order valence-electron chi connectivity index (χ1n) is 6.59. The summed E-state index contributed by atoms with van der Waals surface area (Å²) in [5.41, 5.74) is 4.25. The monoisotopic (exact) mass is 297 g/mol. The average Bonchev–Trinajstić information content (AvgIpc) is 3.10. The normalized spacial score (nSPS) is 15.2. The third kappa shape index (κ3) is 2.21. The van der Waals surface area contributed by atoms with Crippen LogP contribution >= 0.6 is 11.6 Å². The van der Waals surface area contributed by atoms with E-state index in [4.69, 9.17) is 11.6 Å². The van der Waals surface area contributed by atoms with Gasteiger partial charge in [-0.25, -0.2) is 4.98 Å². The second-order valence-corrected chi connectivity index (χ2v) is 5.26. The number of rotatable bonds is 2. The van der Waals surface area contributed by atoms with Crippen molar-refractivity contribution in [1.82, 2.24) is 15.2 Å². The van der Waals surface area contributed by atoms with E-state index in [9.17, 15) is 0 Å². The highest BCUT2D eigenvalue weighted by atomic mass is 35.5. The van der Waals surface area contributed by atoms with E-state index in [1.54, 1.807) is 6.07 Å². The molecular formula is C15H12ClN5. The summed E-state index contributed by atoms with van der Waals surface area (Å²) in [7, 11) is 0. The molecule has 0 radical (unpaired) electrons. The smallest absolute Gasteiger partial charge is 0.135 e. The van der Waals surface area contributed by atoms with Gasteiger partial charge in [-0.3, -0.25) is 5.10 Å². The Bertz CT molecular complexity index is 852. The Labute approximate surface area is 126 Å². The van der Waals surface area contributed by atoms with Gasteiger partial charge in [0.25, 0.3) is 0 Å². The number of benzene rings is 1. The van der Waals surface area contributed by atoms with Crippen LogP contribution in [0.15, 0.2) is 42.7 Å². The van der Waals surface area contributed by atoms with Gasteiger partial charge in [-0.1, -0.05) is 11.6 Å². The molecule has 1 aliphatic heterocycles. The summed E-state index contributed by atoms with van der Waals surface area (Å²) in [6.45, 7) is 0.738. The van der Waals surface area contributed by atoms with Crippen molar-refractivity contribution in [3.05, 3.63) is 53.4 Å². The van der Waals surface area contributed by atoms with Gasteiger partial charge in [0.05, 0.1) is 11.7 Å². The molecule has 0 saturated carbocycles. The lowest BCUT2D eigenvalue weighted by Gasteiger charge is -2.03. The van der Waals surface area contributed by atoms with Crippen molar-refractivity contribution in [2.24, 2.45) is 0 Å². The number of H-pyrrole nitrogens is 1. The highest BCUT2D eigenvalue weighted by Gasteiger charge is 2.16. The highest BCUT2D eigenvalue weighted by molar-refractivity contribution is 6.29. The fourth-order valence-corrected chi connectivity index (χ4v) is 2.58. The summed E-state index contributed by atoms with van der Waals surface area (Å²) in [4.78, 5) is 4.27. The van der Waals surface area contributed by atoms with Crippen molar-refractivity contribution in [1.29, 1.82) is 0 Å². The Morgan fingerprint density at radius 3 is 3.14 bits per heavy atom. The molecule has 4 rings (SSSR count). The highest BCUT2D eigenvalue weighted by Crippen LogP contribution is 2.30. The van der Waals surface area contributed by atoms with Gasteiger partial charge in [0.15, 0.2) is 0 Å². The number of aromatic nitrogens is 3. The zero-order valence-electron chi connectivity index (χ0n) is 11.0. The molecule has 0 bridgehead atoms. The van der Waals surface area contributed by atoms with Crippen LogP contribution in [0, 0.1) is 0 Å². The van der Waals surface area contributed by atoms with E-state index in [0.717, 1.165) is 40.1 Å². The van der Waals surface area contributed by atoms with E-state index in [1.165, 1.54) is 0 Å². The van der Waals surface area contributed by atoms with Crippen LogP contribution in [0.4, 0.5) is 11.5 Å². The van der Waals surface area contributed by atoms with E-state index in [-0.39, 0.29) is 0 Å². The molecule has 2 aromatic heterocycles. The molecule has 0 saturated heterocycles. The summed E-state index contributed by atoms with van der Waals surface area (Å²) in [6.07, 6.45) is 3.80. The van der Waals surface area contributed by atoms with Crippen LogP contribution in [0.2, 0.25) is 5.15 Å². The van der Waals surface area contributed by atoms with E-state index in [2.05, 4.69) is 25.8 Å². The van der Waals surface area contributed by atoms with Gasteiger partial charge in [-0.05, 0) is 35.9 Å². The van der Waals surface area contributed by atoms with Crippen LogP contribution in [0.3, 0.4) is 0 Å². The topological polar surface area (TPSA) is 65.6 Å². The second-order valence-electron chi connectivity index (χ2n) is 4.87. The summed E-state index contributed by atoms with van der Waals surface area (Å²) < 4.78 is 0. The number of fused-ring (bicyclic) bond motifs is 2. The fourth-order valence-electron chi connectivity index (χ4n) is 2.43. The van der Waals surface area contributed by atoms with Crippen molar-refractivity contribution < 1.29 is 0 Å². The number of halogens is 1. The van der Waals surface area contributed by atoms with E-state index >= 15 is 0 Å². The van der Waals surface area contributed by atoms with Gasteiger partial charge in [0, 0.05) is 29.4 Å². The molecule has 0 spiro atoms. The number of aromatic amines is 1. The number of hydrogen-bond donors (Lipinski definition) is 3. The molecule has 0 aliphatic carbocycles. The number of anilines is 2. The SMILES string of the molecule is Clc1ccc2c(n1)NCC2=CNc1ccc2cn[nH]c2c1. The molecule has 3 heterocycles. The van der Waals surface area contributed by atoms with Crippen molar-refractivity contribution in [3.8, 4) is 0 Å². The van der Waals surface area contributed by atoms with Crippen LogP contribution in [-0.4, -0.2) is 21.7 Å². The van der Waals surface area contributed by atoms with E-state index < -0.39 is 0 Å². The number of hydrogen-bond acceptors (Lipinski definition) is 4. The molecule has 1 aromatic carbocycles. The minimum Gasteiger partial charge on any atom is -0.365 e. The predicted octanol–water partition coefficient (Wildman–Crippen LogP) is 3.49. The van der Waals surface area contributed by atoms with Gasteiger partial charge in [0.2, 0.25) is 0 Å². The molecule has 1 aliphatic rings. The van der Waals surface area contributed by atoms with Gasteiger partial charge in [-0.2, -0.15) is 5.10 Å². The molecule has 5 nitrogen and oxygen atoms in total. The standard InChI is InChI=1S/C15H12ClN5/c16-14-4-3-12-10(7-18-15(12)20-14)6-17-11-2-1-9-8-19-21-13(9)5-11/h1-6,8,17H,7H2,(H,18,20)(H,19,21). The minimum absolute atomic E-state index is 0.500. The second kappa shape index (κ2) is 4.79. The molecule has 6 heteroatoms. The first-order valence-corrected chi connectivity index (χ1v) is 6.97.